The van der Waals surface area contributed by atoms with E-state index < -0.39 is 12.3 Å². The lowest BCUT2D eigenvalue weighted by molar-refractivity contribution is -0.303. The summed E-state index contributed by atoms with van der Waals surface area (Å²) in [4.78, 5) is 6.83. The third kappa shape index (κ3) is 5.81. The highest BCUT2D eigenvalue weighted by atomic mass is 19.4. The first-order valence-electron chi connectivity index (χ1n) is 13.5. The van der Waals surface area contributed by atoms with E-state index in [4.69, 9.17) is 5.10 Å². The quantitative estimate of drug-likeness (QED) is 0.382. The minimum absolute atomic E-state index is 0.218. The van der Waals surface area contributed by atoms with Crippen molar-refractivity contribution in [3.63, 3.8) is 0 Å². The lowest BCUT2D eigenvalue weighted by Crippen LogP contribution is -2.43. The SMILES string of the molecule is C=C1C2=C(CCC3(CC2)CC3)C(N(C)CC2CCNCC2)=NN1C(=NC)C1C=C(OC(F)(F)F)C=CC1. The number of hydrogen-bond acceptors (Lipinski definition) is 5. The molecule has 2 heterocycles. The summed E-state index contributed by atoms with van der Waals surface area (Å²) in [5.41, 5.74) is 3.78. The number of hydrazone groups is 1. The average molecular weight is 518 g/mol. The molecule has 0 aromatic carbocycles. The van der Waals surface area contributed by atoms with E-state index in [0.717, 1.165) is 63.3 Å². The topological polar surface area (TPSA) is 52.5 Å². The van der Waals surface area contributed by atoms with Crippen LogP contribution in [-0.2, 0) is 4.74 Å². The number of aliphatic imine (C=N–C) groups is 1. The van der Waals surface area contributed by atoms with Gasteiger partial charge in [0.2, 0.25) is 0 Å². The minimum Gasteiger partial charge on any atom is -0.406 e. The Morgan fingerprint density at radius 3 is 2.57 bits per heavy atom. The van der Waals surface area contributed by atoms with E-state index in [0.29, 0.717) is 23.6 Å². The van der Waals surface area contributed by atoms with Crippen LogP contribution in [0.15, 0.2) is 57.5 Å². The fourth-order valence-corrected chi connectivity index (χ4v) is 6.28. The van der Waals surface area contributed by atoms with Crippen molar-refractivity contribution in [2.45, 2.75) is 64.1 Å². The zero-order valence-electron chi connectivity index (χ0n) is 21.9. The van der Waals surface area contributed by atoms with Gasteiger partial charge in [0.1, 0.15) is 11.6 Å². The summed E-state index contributed by atoms with van der Waals surface area (Å²) in [5.74, 6) is 1.53. The van der Waals surface area contributed by atoms with Gasteiger partial charge in [-0.15, -0.1) is 18.3 Å². The van der Waals surface area contributed by atoms with Crippen molar-refractivity contribution in [1.29, 1.82) is 0 Å². The average Bonchev–Trinajstić information content (AvgIpc) is 3.66. The lowest BCUT2D eigenvalue weighted by atomic mass is 9.93. The molecule has 1 N–H and O–H groups in total. The van der Waals surface area contributed by atoms with Crippen LogP contribution in [-0.4, -0.2) is 61.7 Å². The van der Waals surface area contributed by atoms with Crippen LogP contribution in [0.25, 0.3) is 0 Å². The number of alkyl halides is 3. The van der Waals surface area contributed by atoms with Gasteiger partial charge in [-0.3, -0.25) is 4.99 Å². The lowest BCUT2D eigenvalue weighted by Gasteiger charge is -2.37. The van der Waals surface area contributed by atoms with Crippen molar-refractivity contribution >= 4 is 11.7 Å². The molecule has 1 spiro atoms. The van der Waals surface area contributed by atoms with Gasteiger partial charge < -0.3 is 15.0 Å². The fraction of sp³-hybridized carbons (Fsp3) is 0.643. The Bertz CT molecular complexity index is 1060. The molecule has 0 amide bonds. The fourth-order valence-electron chi connectivity index (χ4n) is 6.28. The van der Waals surface area contributed by atoms with Crippen LogP contribution in [0.4, 0.5) is 13.2 Å². The molecule has 6 nitrogen and oxygen atoms in total. The molecule has 3 aliphatic carbocycles. The van der Waals surface area contributed by atoms with Gasteiger partial charge in [0.25, 0.3) is 0 Å². The van der Waals surface area contributed by atoms with Crippen LogP contribution in [0.5, 0.6) is 0 Å². The summed E-state index contributed by atoms with van der Waals surface area (Å²) in [7, 11) is 3.79. The first-order chi connectivity index (χ1) is 17.7. The van der Waals surface area contributed by atoms with Crippen molar-refractivity contribution in [3.8, 4) is 0 Å². The Labute approximate surface area is 217 Å². The van der Waals surface area contributed by atoms with Crippen LogP contribution < -0.4 is 5.32 Å². The van der Waals surface area contributed by atoms with Gasteiger partial charge in [0.15, 0.2) is 5.84 Å². The Hall–Kier alpha value is -2.55. The van der Waals surface area contributed by atoms with Crippen molar-refractivity contribution in [3.05, 3.63) is 47.4 Å². The van der Waals surface area contributed by atoms with Crippen molar-refractivity contribution in [1.82, 2.24) is 15.2 Å². The normalized spacial score (nSPS) is 26.5. The molecule has 1 unspecified atom stereocenters. The number of hydrogen-bond donors (Lipinski definition) is 1. The highest BCUT2D eigenvalue weighted by Gasteiger charge is 2.45. The zero-order valence-corrected chi connectivity index (χ0v) is 21.9. The van der Waals surface area contributed by atoms with E-state index in [1.54, 1.807) is 18.1 Å². The Balaban J connectivity index is 1.45. The molecule has 5 rings (SSSR count). The van der Waals surface area contributed by atoms with E-state index in [1.165, 1.54) is 42.6 Å². The van der Waals surface area contributed by atoms with E-state index in [1.807, 2.05) is 0 Å². The third-order valence-corrected chi connectivity index (χ3v) is 8.60. The first-order valence-corrected chi connectivity index (χ1v) is 13.5. The molecule has 0 radical (unpaired) electrons. The molecule has 1 saturated carbocycles. The largest absolute Gasteiger partial charge is 0.573 e. The molecular formula is C28H38F3N5O. The standard InChI is InChI=1S/C28H38F3N5O/c1-19-23-7-11-27(13-14-27)12-8-24(23)26(35(3)18-20-9-15-33-16-10-20)34-36(19)25(32-2)21-5-4-6-22(17-21)37-28(29,30)31/h4,6,17,20-21,33H,1,5,7-16,18H2,2-3H3. The number of allylic oxidation sites excluding steroid dienone is 3. The first kappa shape index (κ1) is 26.1. The van der Waals surface area contributed by atoms with Gasteiger partial charge in [-0.2, -0.15) is 0 Å². The second kappa shape index (κ2) is 10.3. The molecule has 202 valence electrons. The summed E-state index contributed by atoms with van der Waals surface area (Å²) in [6.45, 7) is 7.46. The van der Waals surface area contributed by atoms with Gasteiger partial charge in [-0.25, -0.2) is 5.01 Å². The van der Waals surface area contributed by atoms with E-state index in [2.05, 4.69) is 33.6 Å². The number of ether oxygens (including phenoxy) is 1. The molecule has 1 atom stereocenters. The maximum atomic E-state index is 12.9. The van der Waals surface area contributed by atoms with Crippen molar-refractivity contribution in [2.75, 3.05) is 33.7 Å². The molecule has 37 heavy (non-hydrogen) atoms. The van der Waals surface area contributed by atoms with E-state index in [9.17, 15) is 13.2 Å². The highest BCUT2D eigenvalue weighted by Crippen LogP contribution is 2.57. The molecule has 1 saturated heterocycles. The Morgan fingerprint density at radius 2 is 1.92 bits per heavy atom. The smallest absolute Gasteiger partial charge is 0.406 e. The van der Waals surface area contributed by atoms with Crippen molar-refractivity contribution in [2.24, 2.45) is 27.3 Å². The Kier molecular flexibility index (Phi) is 7.27. The van der Waals surface area contributed by atoms with Gasteiger partial charge >= 0.3 is 6.36 Å². The molecule has 2 fully saturated rings. The predicted molar refractivity (Wildman–Crippen MR) is 140 cm³/mol. The highest BCUT2D eigenvalue weighted by molar-refractivity contribution is 6.02. The van der Waals surface area contributed by atoms with Gasteiger partial charge in [0, 0.05) is 32.1 Å². The van der Waals surface area contributed by atoms with E-state index in [-0.39, 0.29) is 5.76 Å². The van der Waals surface area contributed by atoms with Gasteiger partial charge in [-0.1, -0.05) is 12.7 Å². The molecule has 2 aliphatic heterocycles. The Morgan fingerprint density at radius 1 is 1.22 bits per heavy atom. The van der Waals surface area contributed by atoms with Crippen molar-refractivity contribution < 1.29 is 17.9 Å². The summed E-state index contributed by atoms with van der Waals surface area (Å²) in [5, 5.41) is 10.4. The zero-order chi connectivity index (χ0) is 26.2. The van der Waals surface area contributed by atoms with Gasteiger partial charge in [-0.05, 0) is 99.9 Å². The third-order valence-electron chi connectivity index (χ3n) is 8.60. The minimum atomic E-state index is -4.74. The molecule has 0 aromatic rings. The number of likely N-dealkylation sites (N-methyl/N-ethyl adjacent to an activating group) is 1. The summed E-state index contributed by atoms with van der Waals surface area (Å²) in [6, 6.07) is 0. The molecular weight excluding hydrogens is 479 g/mol. The number of piperidine rings is 1. The number of nitrogens with zero attached hydrogens (tertiary/aromatic N) is 4. The van der Waals surface area contributed by atoms with Crippen LogP contribution in [0.3, 0.4) is 0 Å². The monoisotopic (exact) mass is 517 g/mol. The number of nitrogens with one attached hydrogen (secondary N) is 1. The van der Waals surface area contributed by atoms with Crippen LogP contribution in [0.1, 0.15) is 57.8 Å². The van der Waals surface area contributed by atoms with Crippen LogP contribution >= 0.6 is 0 Å². The number of halogens is 3. The van der Waals surface area contributed by atoms with Gasteiger partial charge in [0.05, 0.1) is 5.70 Å². The molecule has 0 bridgehead atoms. The molecule has 0 aromatic heterocycles. The maximum Gasteiger partial charge on any atom is 0.573 e. The maximum absolute atomic E-state index is 12.9. The summed E-state index contributed by atoms with van der Waals surface area (Å²) in [6.07, 6.45) is 9.50. The summed E-state index contributed by atoms with van der Waals surface area (Å²) < 4.78 is 42.9. The van der Waals surface area contributed by atoms with Crippen LogP contribution in [0.2, 0.25) is 0 Å². The molecule has 9 heteroatoms. The summed E-state index contributed by atoms with van der Waals surface area (Å²) >= 11 is 0. The predicted octanol–water partition coefficient (Wildman–Crippen LogP) is 5.74. The number of amidine groups is 2. The van der Waals surface area contributed by atoms with Crippen LogP contribution in [0, 0.1) is 17.3 Å². The van der Waals surface area contributed by atoms with E-state index >= 15 is 0 Å². The number of rotatable bonds is 4. The second-order valence-corrected chi connectivity index (χ2v) is 11.2. The second-order valence-electron chi connectivity index (χ2n) is 11.2. The molecule has 5 aliphatic rings.